The second kappa shape index (κ2) is 9.60. The molecular weight excluding hydrogens is 435 g/mol. The number of hydrogen-bond acceptors (Lipinski definition) is 6. The van der Waals surface area contributed by atoms with E-state index in [9.17, 15) is 18.4 Å². The quantitative estimate of drug-likeness (QED) is 0.595. The molecule has 0 unspecified atom stereocenters. The van der Waals surface area contributed by atoms with Crippen LogP contribution in [0.4, 0.5) is 13.2 Å². The Morgan fingerprint density at radius 1 is 1.24 bits per heavy atom. The van der Waals surface area contributed by atoms with E-state index < -0.39 is 11.7 Å². The van der Waals surface area contributed by atoms with Crippen LogP contribution in [0.2, 0.25) is 0 Å². The highest BCUT2D eigenvalue weighted by atomic mass is 19.4. The summed E-state index contributed by atoms with van der Waals surface area (Å²) in [6.07, 6.45) is -0.810. The summed E-state index contributed by atoms with van der Waals surface area (Å²) in [6, 6.07) is 7.34. The van der Waals surface area contributed by atoms with Crippen molar-refractivity contribution < 1.29 is 22.6 Å². The van der Waals surface area contributed by atoms with Crippen LogP contribution in [-0.4, -0.2) is 59.3 Å². The lowest BCUT2D eigenvalue weighted by Crippen LogP contribution is -2.36. The van der Waals surface area contributed by atoms with Gasteiger partial charge in [0.25, 0.3) is 0 Å². The number of hydrogen-bond donors (Lipinski definition) is 1. The molecule has 1 N–H and O–H groups in total. The molecule has 0 amide bonds. The summed E-state index contributed by atoms with van der Waals surface area (Å²) in [5, 5.41) is 9.56. The van der Waals surface area contributed by atoms with Crippen LogP contribution in [0.3, 0.4) is 0 Å². The van der Waals surface area contributed by atoms with E-state index in [1.807, 2.05) is 18.2 Å². The highest BCUT2D eigenvalue weighted by molar-refractivity contribution is 5.85. The van der Waals surface area contributed by atoms with E-state index in [-0.39, 0.29) is 29.3 Å². The van der Waals surface area contributed by atoms with Crippen molar-refractivity contribution in [2.45, 2.75) is 13.1 Å². The Bertz CT molecular complexity index is 1210. The fourth-order valence-electron chi connectivity index (χ4n) is 3.63. The average Bonchev–Trinajstić information content (AvgIpc) is 3.22. The van der Waals surface area contributed by atoms with Crippen molar-refractivity contribution in [1.82, 2.24) is 19.9 Å². The van der Waals surface area contributed by atoms with E-state index in [1.165, 1.54) is 12.1 Å². The molecule has 172 valence electrons. The summed E-state index contributed by atoms with van der Waals surface area (Å²) in [4.78, 5) is 14.0. The number of aromatic nitrogens is 3. The first-order valence-corrected chi connectivity index (χ1v) is 10.5. The zero-order valence-corrected chi connectivity index (χ0v) is 17.9. The minimum atomic E-state index is -4.59. The van der Waals surface area contributed by atoms with E-state index in [0.29, 0.717) is 30.1 Å². The number of benzene rings is 1. The van der Waals surface area contributed by atoms with Gasteiger partial charge in [0, 0.05) is 25.2 Å². The van der Waals surface area contributed by atoms with Crippen molar-refractivity contribution in [3.8, 4) is 23.1 Å². The number of imidazole rings is 1. The van der Waals surface area contributed by atoms with Crippen LogP contribution in [0.15, 0.2) is 30.3 Å². The number of H-pyrrole nitrogens is 1. The number of nitriles is 1. The highest BCUT2D eigenvalue weighted by Crippen LogP contribution is 2.39. The number of alkyl halides is 3. The first kappa shape index (κ1) is 22.8. The molecule has 0 bridgehead atoms. The summed E-state index contributed by atoms with van der Waals surface area (Å²) in [5.74, 6) is 0.293. The Labute approximate surface area is 188 Å². The summed E-state index contributed by atoms with van der Waals surface area (Å²) in [5.41, 5.74) is 0.496. The molecule has 1 aliphatic heterocycles. The topological polar surface area (TPSA) is 87.1 Å². The Morgan fingerprint density at radius 2 is 2.03 bits per heavy atom. The van der Waals surface area contributed by atoms with Crippen LogP contribution in [-0.2, 0) is 10.9 Å². The normalized spacial score (nSPS) is 15.2. The smallest absolute Gasteiger partial charge is 0.419 e. The third kappa shape index (κ3) is 5.16. The minimum Gasteiger partial charge on any atom is -0.493 e. The van der Waals surface area contributed by atoms with Crippen molar-refractivity contribution in [2.75, 3.05) is 39.5 Å². The van der Waals surface area contributed by atoms with E-state index in [4.69, 9.17) is 9.47 Å². The van der Waals surface area contributed by atoms with Gasteiger partial charge in [-0.25, -0.2) is 9.97 Å². The molecule has 1 fully saturated rings. The molecule has 10 heteroatoms. The number of rotatable bonds is 6. The Balaban J connectivity index is 1.66. The van der Waals surface area contributed by atoms with Gasteiger partial charge >= 0.3 is 6.18 Å². The van der Waals surface area contributed by atoms with E-state index in [0.717, 1.165) is 25.7 Å². The van der Waals surface area contributed by atoms with Gasteiger partial charge in [0.15, 0.2) is 5.69 Å². The first-order chi connectivity index (χ1) is 15.9. The molecular formula is C23H22F3N5O2. The number of halogens is 3. The molecule has 0 spiro atoms. The van der Waals surface area contributed by atoms with E-state index in [1.54, 1.807) is 13.0 Å². The van der Waals surface area contributed by atoms with Gasteiger partial charge in [-0.15, -0.1) is 0 Å². The third-order valence-electron chi connectivity index (χ3n) is 5.22. The minimum absolute atomic E-state index is 0.0361. The monoisotopic (exact) mass is 457 g/mol. The van der Waals surface area contributed by atoms with Gasteiger partial charge in [0.05, 0.1) is 36.6 Å². The molecule has 3 aromatic rings. The standard InChI is InChI=1S/C23H22F3N5O2/c1-2-33-20-6-5-15(12-16(20)23(24,25)26)17-13-18-22(19(14-27)28-17)30-21(29-18)4-3-7-31-8-10-32-11-9-31/h3-6,12-13H,2,7-11H2,1H3,(H,29,30)/b4-3+. The number of morpholine rings is 1. The van der Waals surface area contributed by atoms with Gasteiger partial charge in [-0.1, -0.05) is 6.08 Å². The van der Waals surface area contributed by atoms with Crippen LogP contribution in [0.1, 0.15) is 24.0 Å². The largest absolute Gasteiger partial charge is 0.493 e. The molecule has 1 aliphatic rings. The second-order valence-electron chi connectivity index (χ2n) is 7.44. The molecule has 3 heterocycles. The maximum Gasteiger partial charge on any atom is 0.419 e. The van der Waals surface area contributed by atoms with Crippen LogP contribution in [0.5, 0.6) is 5.75 Å². The van der Waals surface area contributed by atoms with Crippen molar-refractivity contribution in [1.29, 1.82) is 5.26 Å². The molecule has 0 radical (unpaired) electrons. The fourth-order valence-corrected chi connectivity index (χ4v) is 3.63. The third-order valence-corrected chi connectivity index (χ3v) is 5.22. The van der Waals surface area contributed by atoms with Crippen LogP contribution < -0.4 is 4.74 Å². The lowest BCUT2D eigenvalue weighted by molar-refractivity contribution is -0.138. The van der Waals surface area contributed by atoms with Crippen LogP contribution in [0, 0.1) is 11.3 Å². The number of nitrogens with zero attached hydrogens (tertiary/aromatic N) is 4. The van der Waals surface area contributed by atoms with Gasteiger partial charge in [0.1, 0.15) is 23.2 Å². The number of pyridine rings is 1. The molecule has 1 saturated heterocycles. The maximum absolute atomic E-state index is 13.5. The Morgan fingerprint density at radius 3 is 2.73 bits per heavy atom. The number of aromatic amines is 1. The van der Waals surface area contributed by atoms with Crippen molar-refractivity contribution in [2.24, 2.45) is 0 Å². The molecule has 0 aliphatic carbocycles. The van der Waals surface area contributed by atoms with Crippen molar-refractivity contribution in [3.05, 3.63) is 47.4 Å². The van der Waals surface area contributed by atoms with Gasteiger partial charge in [-0.05, 0) is 37.3 Å². The van der Waals surface area contributed by atoms with Gasteiger partial charge < -0.3 is 14.5 Å². The average molecular weight is 457 g/mol. The molecule has 0 atom stereocenters. The summed E-state index contributed by atoms with van der Waals surface area (Å²) in [6.45, 7) is 5.60. The van der Waals surface area contributed by atoms with E-state index >= 15 is 0 Å². The van der Waals surface area contributed by atoms with Crippen molar-refractivity contribution in [3.63, 3.8) is 0 Å². The first-order valence-electron chi connectivity index (χ1n) is 10.5. The predicted octanol–water partition coefficient (Wildman–Crippen LogP) is 4.26. The van der Waals surface area contributed by atoms with Crippen LogP contribution in [0.25, 0.3) is 28.4 Å². The van der Waals surface area contributed by atoms with Crippen LogP contribution >= 0.6 is 0 Å². The number of fused-ring (bicyclic) bond motifs is 1. The fraction of sp³-hybridized carbons (Fsp3) is 0.348. The summed E-state index contributed by atoms with van der Waals surface area (Å²) < 4.78 is 51.1. The molecule has 33 heavy (non-hydrogen) atoms. The molecule has 7 nitrogen and oxygen atoms in total. The number of ether oxygens (including phenoxy) is 2. The van der Waals surface area contributed by atoms with Crippen molar-refractivity contribution >= 4 is 17.1 Å². The molecule has 4 rings (SSSR count). The highest BCUT2D eigenvalue weighted by Gasteiger charge is 2.35. The number of nitrogens with one attached hydrogen (secondary N) is 1. The SMILES string of the molecule is CCOc1ccc(-c2cc3[nH]c(/C=C/CN4CCOCC4)nc3c(C#N)n2)cc1C(F)(F)F. The molecule has 2 aromatic heterocycles. The lowest BCUT2D eigenvalue weighted by atomic mass is 10.1. The lowest BCUT2D eigenvalue weighted by Gasteiger charge is -2.24. The maximum atomic E-state index is 13.5. The summed E-state index contributed by atoms with van der Waals surface area (Å²) in [7, 11) is 0. The zero-order chi connectivity index (χ0) is 23.4. The summed E-state index contributed by atoms with van der Waals surface area (Å²) >= 11 is 0. The van der Waals surface area contributed by atoms with Gasteiger partial charge in [0.2, 0.25) is 0 Å². The Kier molecular flexibility index (Phi) is 6.62. The zero-order valence-electron chi connectivity index (χ0n) is 17.9. The van der Waals surface area contributed by atoms with Gasteiger partial charge in [-0.3, -0.25) is 4.90 Å². The Hall–Kier alpha value is -3.42. The van der Waals surface area contributed by atoms with E-state index in [2.05, 4.69) is 19.9 Å². The van der Waals surface area contributed by atoms with Gasteiger partial charge in [-0.2, -0.15) is 18.4 Å². The molecule has 1 aromatic carbocycles. The predicted molar refractivity (Wildman–Crippen MR) is 117 cm³/mol. The second-order valence-corrected chi connectivity index (χ2v) is 7.44. The molecule has 0 saturated carbocycles.